The second-order valence-electron chi connectivity index (χ2n) is 6.40. The molecule has 2 aromatic rings. The molecule has 0 amide bonds. The monoisotopic (exact) mass is 348 g/mol. The van der Waals surface area contributed by atoms with Crippen molar-refractivity contribution in [2.24, 2.45) is 0 Å². The van der Waals surface area contributed by atoms with Gasteiger partial charge in [0, 0.05) is 23.6 Å². The van der Waals surface area contributed by atoms with Crippen molar-refractivity contribution >= 4 is 11.9 Å². The van der Waals surface area contributed by atoms with Crippen molar-refractivity contribution in [2.45, 2.75) is 18.9 Å². The topological polar surface area (TPSA) is 44.8 Å². The Bertz CT molecular complexity index is 906. The van der Waals surface area contributed by atoms with Crippen LogP contribution in [-0.2, 0) is 0 Å². The van der Waals surface area contributed by atoms with Gasteiger partial charge in [-0.3, -0.25) is 4.79 Å². The molecule has 0 aromatic heterocycles. The average Bonchev–Trinajstić information content (AvgIpc) is 2.65. The number of aldehydes is 1. The van der Waals surface area contributed by atoms with E-state index in [1.807, 2.05) is 30.3 Å². The highest BCUT2D eigenvalue weighted by Gasteiger charge is 2.30. The largest absolute Gasteiger partial charge is 0.497 e. The molecule has 4 rings (SSSR count). The molecule has 1 aliphatic carbocycles. The van der Waals surface area contributed by atoms with Crippen LogP contribution >= 0.6 is 0 Å². The molecule has 1 atom stereocenters. The van der Waals surface area contributed by atoms with E-state index in [9.17, 15) is 4.79 Å². The predicted molar refractivity (Wildman–Crippen MR) is 100 cm³/mol. The lowest BCUT2D eigenvalue weighted by Crippen LogP contribution is -2.17. The molecule has 0 saturated heterocycles. The predicted octanol–water partition coefficient (Wildman–Crippen LogP) is 4.75. The SMILES string of the molecule is COc1ccc(C2CC(=C3C=CC3)c3c(C=O)cc(OC)cc3O2)cc1. The molecule has 0 N–H and O–H groups in total. The third-order valence-corrected chi connectivity index (χ3v) is 4.96. The first-order valence-electron chi connectivity index (χ1n) is 8.60. The van der Waals surface area contributed by atoms with Crippen LogP contribution in [0.2, 0.25) is 0 Å². The van der Waals surface area contributed by atoms with Crippen LogP contribution in [0.1, 0.15) is 40.4 Å². The summed E-state index contributed by atoms with van der Waals surface area (Å²) in [6, 6.07) is 11.6. The second-order valence-corrected chi connectivity index (χ2v) is 6.40. The lowest BCUT2D eigenvalue weighted by molar-refractivity contribution is 0.112. The maximum Gasteiger partial charge on any atom is 0.150 e. The Labute approximate surface area is 152 Å². The second kappa shape index (κ2) is 6.71. The molecule has 2 aliphatic rings. The van der Waals surface area contributed by atoms with Gasteiger partial charge in [0.15, 0.2) is 6.29 Å². The third kappa shape index (κ3) is 2.77. The molecule has 26 heavy (non-hydrogen) atoms. The van der Waals surface area contributed by atoms with E-state index in [-0.39, 0.29) is 6.10 Å². The molecule has 0 saturated carbocycles. The van der Waals surface area contributed by atoms with Gasteiger partial charge < -0.3 is 14.2 Å². The lowest BCUT2D eigenvalue weighted by Gasteiger charge is -2.32. The third-order valence-electron chi connectivity index (χ3n) is 4.96. The zero-order chi connectivity index (χ0) is 18.1. The fraction of sp³-hybridized carbons (Fsp3) is 0.227. The Morgan fingerprint density at radius 3 is 2.38 bits per heavy atom. The highest BCUT2D eigenvalue weighted by Crippen LogP contribution is 2.47. The van der Waals surface area contributed by atoms with Gasteiger partial charge in [-0.1, -0.05) is 24.3 Å². The highest BCUT2D eigenvalue weighted by molar-refractivity contribution is 5.91. The fourth-order valence-electron chi connectivity index (χ4n) is 3.48. The smallest absolute Gasteiger partial charge is 0.150 e. The van der Waals surface area contributed by atoms with Gasteiger partial charge in [0.1, 0.15) is 23.4 Å². The van der Waals surface area contributed by atoms with E-state index in [1.54, 1.807) is 20.3 Å². The number of hydrogen-bond acceptors (Lipinski definition) is 4. The van der Waals surface area contributed by atoms with Crippen LogP contribution in [0.5, 0.6) is 17.2 Å². The summed E-state index contributed by atoms with van der Waals surface area (Å²) in [5.41, 5.74) is 5.02. The van der Waals surface area contributed by atoms with E-state index in [1.165, 1.54) is 11.1 Å². The normalized spacial score (nSPS) is 20.6. The van der Waals surface area contributed by atoms with Crippen LogP contribution in [0.4, 0.5) is 0 Å². The molecule has 4 nitrogen and oxygen atoms in total. The highest BCUT2D eigenvalue weighted by atomic mass is 16.5. The maximum absolute atomic E-state index is 11.7. The van der Waals surface area contributed by atoms with Crippen molar-refractivity contribution in [3.63, 3.8) is 0 Å². The standard InChI is InChI=1S/C22H20O4/c1-24-17-8-6-15(7-9-17)20-12-19(14-4-3-5-14)22-16(13-23)10-18(25-2)11-21(22)26-20/h3-4,6-11,13,20H,5,12H2,1-2H3. The minimum Gasteiger partial charge on any atom is -0.497 e. The van der Waals surface area contributed by atoms with E-state index in [4.69, 9.17) is 14.2 Å². The number of allylic oxidation sites excluding steroid dienone is 3. The van der Waals surface area contributed by atoms with Crippen molar-refractivity contribution in [1.82, 2.24) is 0 Å². The van der Waals surface area contributed by atoms with E-state index in [2.05, 4.69) is 12.2 Å². The van der Waals surface area contributed by atoms with Crippen LogP contribution < -0.4 is 14.2 Å². The number of fused-ring (bicyclic) bond motifs is 1. The average molecular weight is 348 g/mol. The molecule has 0 radical (unpaired) electrons. The first-order valence-corrected chi connectivity index (χ1v) is 8.60. The summed E-state index contributed by atoms with van der Waals surface area (Å²) in [7, 11) is 3.25. The summed E-state index contributed by atoms with van der Waals surface area (Å²) < 4.78 is 16.9. The van der Waals surface area contributed by atoms with Crippen LogP contribution in [0, 0.1) is 0 Å². The van der Waals surface area contributed by atoms with Gasteiger partial charge in [-0.15, -0.1) is 0 Å². The van der Waals surface area contributed by atoms with Crippen molar-refractivity contribution in [1.29, 1.82) is 0 Å². The number of benzene rings is 2. The van der Waals surface area contributed by atoms with Gasteiger partial charge in [-0.05, 0) is 41.3 Å². The van der Waals surface area contributed by atoms with E-state index in [0.717, 1.165) is 36.0 Å². The summed E-state index contributed by atoms with van der Waals surface area (Å²) in [6.45, 7) is 0. The minimum absolute atomic E-state index is 0.114. The van der Waals surface area contributed by atoms with Crippen LogP contribution in [0.25, 0.3) is 5.57 Å². The molecule has 1 aliphatic heterocycles. The Kier molecular flexibility index (Phi) is 4.25. The fourth-order valence-corrected chi connectivity index (χ4v) is 3.48. The molecule has 1 unspecified atom stereocenters. The minimum atomic E-state index is -0.114. The number of carbonyl (C=O) groups is 1. The van der Waals surface area contributed by atoms with Crippen LogP contribution in [0.15, 0.2) is 54.1 Å². The summed E-state index contributed by atoms with van der Waals surface area (Å²) in [5, 5.41) is 0. The van der Waals surface area contributed by atoms with E-state index in [0.29, 0.717) is 17.1 Å². The van der Waals surface area contributed by atoms with Gasteiger partial charge >= 0.3 is 0 Å². The first kappa shape index (κ1) is 16.5. The molecule has 132 valence electrons. The summed E-state index contributed by atoms with van der Waals surface area (Å²) in [4.78, 5) is 11.7. The quantitative estimate of drug-likeness (QED) is 0.748. The Morgan fingerprint density at radius 2 is 1.81 bits per heavy atom. The lowest BCUT2D eigenvalue weighted by atomic mass is 9.83. The Hall–Kier alpha value is -3.01. The number of carbonyl (C=O) groups excluding carboxylic acids is 1. The van der Waals surface area contributed by atoms with Gasteiger partial charge in [-0.25, -0.2) is 0 Å². The number of methoxy groups -OCH3 is 2. The summed E-state index contributed by atoms with van der Waals surface area (Å²) in [5.74, 6) is 2.13. The maximum atomic E-state index is 11.7. The van der Waals surface area contributed by atoms with Crippen LogP contribution in [0.3, 0.4) is 0 Å². The Morgan fingerprint density at radius 1 is 1.08 bits per heavy atom. The summed E-state index contributed by atoms with van der Waals surface area (Å²) in [6.07, 6.45) is 6.66. The molecular formula is C22H20O4. The van der Waals surface area contributed by atoms with Gasteiger partial charge in [0.25, 0.3) is 0 Å². The first-order chi connectivity index (χ1) is 12.7. The molecule has 4 heteroatoms. The number of ether oxygens (including phenoxy) is 3. The molecule has 0 fully saturated rings. The molecule has 0 bridgehead atoms. The van der Waals surface area contributed by atoms with E-state index >= 15 is 0 Å². The van der Waals surface area contributed by atoms with Gasteiger partial charge in [-0.2, -0.15) is 0 Å². The van der Waals surface area contributed by atoms with Crippen molar-refractivity contribution in [2.75, 3.05) is 14.2 Å². The summed E-state index contributed by atoms with van der Waals surface area (Å²) >= 11 is 0. The molecule has 2 aromatic carbocycles. The molecule has 0 spiro atoms. The number of rotatable bonds is 4. The van der Waals surface area contributed by atoms with Crippen LogP contribution in [-0.4, -0.2) is 20.5 Å². The number of hydrogen-bond donors (Lipinski definition) is 0. The molecule has 1 heterocycles. The molecular weight excluding hydrogens is 328 g/mol. The van der Waals surface area contributed by atoms with Crippen molar-refractivity contribution in [3.05, 3.63) is 70.8 Å². The van der Waals surface area contributed by atoms with Gasteiger partial charge in [0.05, 0.1) is 14.2 Å². The van der Waals surface area contributed by atoms with Gasteiger partial charge in [0.2, 0.25) is 0 Å². The zero-order valence-corrected chi connectivity index (χ0v) is 14.8. The van der Waals surface area contributed by atoms with Crippen molar-refractivity contribution in [3.8, 4) is 17.2 Å². The Balaban J connectivity index is 1.82. The van der Waals surface area contributed by atoms with E-state index < -0.39 is 0 Å². The van der Waals surface area contributed by atoms with Crippen molar-refractivity contribution < 1.29 is 19.0 Å². The zero-order valence-electron chi connectivity index (χ0n) is 14.8.